The lowest BCUT2D eigenvalue weighted by molar-refractivity contribution is 0.237. The quantitative estimate of drug-likeness (QED) is 0.605. The summed E-state index contributed by atoms with van der Waals surface area (Å²) in [7, 11) is 0. The summed E-state index contributed by atoms with van der Waals surface area (Å²) in [6.45, 7) is 9.52. The van der Waals surface area contributed by atoms with Crippen molar-refractivity contribution in [2.75, 3.05) is 13.1 Å². The molecular formula is C10H21N. The van der Waals surface area contributed by atoms with E-state index in [-0.39, 0.29) is 0 Å². The lowest BCUT2D eigenvalue weighted by atomic mass is 10.0. The Morgan fingerprint density at radius 1 is 1.45 bits per heavy atom. The molecule has 0 unspecified atom stereocenters. The van der Waals surface area contributed by atoms with Gasteiger partial charge in [0.1, 0.15) is 0 Å². The van der Waals surface area contributed by atoms with Crippen molar-refractivity contribution >= 4 is 0 Å². The third-order valence-electron chi connectivity index (χ3n) is 2.65. The Hall–Kier alpha value is -0.0400. The van der Waals surface area contributed by atoms with Crippen LogP contribution in [0.15, 0.2) is 0 Å². The topological polar surface area (TPSA) is 3.24 Å². The fourth-order valence-corrected chi connectivity index (χ4v) is 2.12. The van der Waals surface area contributed by atoms with Crippen LogP contribution in [0.25, 0.3) is 0 Å². The Morgan fingerprint density at radius 2 is 2.18 bits per heavy atom. The van der Waals surface area contributed by atoms with Crippen molar-refractivity contribution in [2.45, 2.75) is 46.1 Å². The molecule has 0 N–H and O–H groups in total. The number of rotatable bonds is 3. The summed E-state index contributed by atoms with van der Waals surface area (Å²) in [5.41, 5.74) is 0. The van der Waals surface area contributed by atoms with Crippen molar-refractivity contribution in [3.63, 3.8) is 0 Å². The van der Waals surface area contributed by atoms with Crippen molar-refractivity contribution in [3.05, 3.63) is 0 Å². The van der Waals surface area contributed by atoms with Crippen LogP contribution in [0.4, 0.5) is 0 Å². The molecule has 0 radical (unpaired) electrons. The highest BCUT2D eigenvalue weighted by molar-refractivity contribution is 4.78. The van der Waals surface area contributed by atoms with Gasteiger partial charge >= 0.3 is 0 Å². The molecule has 1 heterocycles. The van der Waals surface area contributed by atoms with Gasteiger partial charge in [0.2, 0.25) is 0 Å². The summed E-state index contributed by atoms with van der Waals surface area (Å²) in [4.78, 5) is 2.62. The summed E-state index contributed by atoms with van der Waals surface area (Å²) >= 11 is 0. The van der Waals surface area contributed by atoms with Gasteiger partial charge in [0, 0.05) is 6.04 Å². The van der Waals surface area contributed by atoms with E-state index in [1.165, 1.54) is 32.4 Å². The SMILES string of the molecule is CCN1CCC[C@@H]1CC(C)C. The molecule has 1 fully saturated rings. The maximum Gasteiger partial charge on any atom is 0.00980 e. The molecule has 0 aromatic heterocycles. The molecule has 1 atom stereocenters. The average Bonchev–Trinajstić information content (AvgIpc) is 2.34. The van der Waals surface area contributed by atoms with Gasteiger partial charge in [0.15, 0.2) is 0 Å². The van der Waals surface area contributed by atoms with E-state index in [2.05, 4.69) is 25.7 Å². The Kier molecular flexibility index (Phi) is 3.38. The van der Waals surface area contributed by atoms with E-state index in [0.717, 1.165) is 12.0 Å². The van der Waals surface area contributed by atoms with Gasteiger partial charge in [-0.3, -0.25) is 0 Å². The van der Waals surface area contributed by atoms with Gasteiger partial charge in [-0.1, -0.05) is 20.8 Å². The minimum atomic E-state index is 0.868. The molecule has 1 nitrogen and oxygen atoms in total. The van der Waals surface area contributed by atoms with E-state index in [1.807, 2.05) is 0 Å². The zero-order valence-corrected chi connectivity index (χ0v) is 8.14. The number of likely N-dealkylation sites (tertiary alicyclic amines) is 1. The van der Waals surface area contributed by atoms with Crippen LogP contribution < -0.4 is 0 Å². The summed E-state index contributed by atoms with van der Waals surface area (Å²) in [5.74, 6) is 0.868. The molecule has 66 valence electrons. The maximum atomic E-state index is 2.62. The molecule has 0 spiro atoms. The van der Waals surface area contributed by atoms with E-state index in [9.17, 15) is 0 Å². The van der Waals surface area contributed by atoms with Gasteiger partial charge in [-0.25, -0.2) is 0 Å². The molecular weight excluding hydrogens is 134 g/mol. The average molecular weight is 155 g/mol. The number of hydrogen-bond donors (Lipinski definition) is 0. The normalized spacial score (nSPS) is 26.7. The first-order valence-corrected chi connectivity index (χ1v) is 4.98. The van der Waals surface area contributed by atoms with Gasteiger partial charge < -0.3 is 4.90 Å². The van der Waals surface area contributed by atoms with E-state index in [1.54, 1.807) is 0 Å². The molecule has 1 rings (SSSR count). The minimum Gasteiger partial charge on any atom is -0.301 e. The molecule has 0 saturated carbocycles. The zero-order chi connectivity index (χ0) is 8.27. The number of nitrogens with zero attached hydrogens (tertiary/aromatic N) is 1. The molecule has 0 amide bonds. The van der Waals surface area contributed by atoms with Crippen LogP contribution in [-0.4, -0.2) is 24.0 Å². The first-order chi connectivity index (χ1) is 5.24. The van der Waals surface area contributed by atoms with Crippen LogP contribution in [0.1, 0.15) is 40.0 Å². The van der Waals surface area contributed by atoms with Crippen LogP contribution in [0, 0.1) is 5.92 Å². The van der Waals surface area contributed by atoms with Crippen LogP contribution in [0.3, 0.4) is 0 Å². The van der Waals surface area contributed by atoms with Crippen LogP contribution in [0.2, 0.25) is 0 Å². The first kappa shape index (κ1) is 9.05. The van der Waals surface area contributed by atoms with E-state index in [0.29, 0.717) is 0 Å². The van der Waals surface area contributed by atoms with E-state index in [4.69, 9.17) is 0 Å². The molecule has 1 saturated heterocycles. The van der Waals surface area contributed by atoms with Gasteiger partial charge in [0.05, 0.1) is 0 Å². The molecule has 11 heavy (non-hydrogen) atoms. The highest BCUT2D eigenvalue weighted by Crippen LogP contribution is 2.22. The molecule has 0 aromatic carbocycles. The summed E-state index contributed by atoms with van der Waals surface area (Å²) in [5, 5.41) is 0. The molecule has 0 aliphatic carbocycles. The van der Waals surface area contributed by atoms with Gasteiger partial charge in [0.25, 0.3) is 0 Å². The Labute approximate surface area is 70.8 Å². The van der Waals surface area contributed by atoms with E-state index >= 15 is 0 Å². The third kappa shape index (κ3) is 2.48. The fourth-order valence-electron chi connectivity index (χ4n) is 2.12. The molecule has 1 aliphatic heterocycles. The largest absolute Gasteiger partial charge is 0.301 e. The second-order valence-corrected chi connectivity index (χ2v) is 4.05. The third-order valence-corrected chi connectivity index (χ3v) is 2.65. The molecule has 1 heteroatoms. The first-order valence-electron chi connectivity index (χ1n) is 4.98. The van der Waals surface area contributed by atoms with E-state index < -0.39 is 0 Å². The van der Waals surface area contributed by atoms with Crippen molar-refractivity contribution in [2.24, 2.45) is 5.92 Å². The zero-order valence-electron chi connectivity index (χ0n) is 8.14. The van der Waals surface area contributed by atoms with Crippen molar-refractivity contribution in [1.82, 2.24) is 4.90 Å². The van der Waals surface area contributed by atoms with Crippen molar-refractivity contribution in [1.29, 1.82) is 0 Å². The second kappa shape index (κ2) is 4.10. The summed E-state index contributed by atoms with van der Waals surface area (Å²) in [6, 6.07) is 0.903. The molecule has 1 aliphatic rings. The van der Waals surface area contributed by atoms with Crippen molar-refractivity contribution in [3.8, 4) is 0 Å². The van der Waals surface area contributed by atoms with Gasteiger partial charge in [-0.2, -0.15) is 0 Å². The highest BCUT2D eigenvalue weighted by atomic mass is 15.2. The van der Waals surface area contributed by atoms with Gasteiger partial charge in [-0.15, -0.1) is 0 Å². The summed E-state index contributed by atoms with van der Waals surface area (Å²) in [6.07, 6.45) is 4.26. The lowest BCUT2D eigenvalue weighted by Crippen LogP contribution is -2.30. The summed E-state index contributed by atoms with van der Waals surface area (Å²) < 4.78 is 0. The molecule has 0 aromatic rings. The predicted octanol–water partition coefficient (Wildman–Crippen LogP) is 2.52. The maximum absolute atomic E-state index is 2.62. The monoisotopic (exact) mass is 155 g/mol. The minimum absolute atomic E-state index is 0.868. The lowest BCUT2D eigenvalue weighted by Gasteiger charge is -2.23. The van der Waals surface area contributed by atoms with Crippen LogP contribution in [0.5, 0.6) is 0 Å². The van der Waals surface area contributed by atoms with Gasteiger partial charge in [-0.05, 0) is 38.3 Å². The Balaban J connectivity index is 2.31. The highest BCUT2D eigenvalue weighted by Gasteiger charge is 2.22. The molecule has 0 bridgehead atoms. The smallest absolute Gasteiger partial charge is 0.00980 e. The predicted molar refractivity (Wildman–Crippen MR) is 49.7 cm³/mol. The van der Waals surface area contributed by atoms with Crippen LogP contribution in [-0.2, 0) is 0 Å². The van der Waals surface area contributed by atoms with Crippen LogP contribution >= 0.6 is 0 Å². The van der Waals surface area contributed by atoms with Crippen molar-refractivity contribution < 1.29 is 0 Å². The Bertz CT molecular complexity index is 109. The number of hydrogen-bond acceptors (Lipinski definition) is 1. The Morgan fingerprint density at radius 3 is 2.73 bits per heavy atom. The standard InChI is InChI=1S/C10H21N/c1-4-11-7-5-6-10(11)8-9(2)3/h9-10H,4-8H2,1-3H3/t10-/m1/s1. The fraction of sp³-hybridized carbons (Fsp3) is 1.00. The second-order valence-electron chi connectivity index (χ2n) is 4.05.